The van der Waals surface area contributed by atoms with Gasteiger partial charge in [-0.3, -0.25) is 19.9 Å². The molecule has 1 heterocycles. The Kier molecular flexibility index (Phi) is 4.66. The molecule has 7 heteroatoms. The molecule has 0 bridgehead atoms. The zero-order valence-electron chi connectivity index (χ0n) is 13.0. The van der Waals surface area contributed by atoms with Gasteiger partial charge in [-0.25, -0.2) is 0 Å². The number of hydrogen-bond donors (Lipinski definition) is 1. The second-order valence-electron chi connectivity index (χ2n) is 5.08. The molecule has 124 valence electrons. The minimum atomic E-state index is -0.474. The van der Waals surface area contributed by atoms with Crippen molar-refractivity contribution in [1.82, 2.24) is 4.98 Å². The zero-order chi connectivity index (χ0) is 17.6. The summed E-state index contributed by atoms with van der Waals surface area (Å²) in [6.45, 7) is 0. The highest BCUT2D eigenvalue weighted by atomic mass is 16.6. The summed E-state index contributed by atoms with van der Waals surface area (Å²) in [5.74, 6) is 0.680. The van der Waals surface area contributed by atoms with Gasteiger partial charge in [0.2, 0.25) is 0 Å². The standard InChI is InChI=1S/C18H13N3O4/c22-18(13-3-2-10-19-12-13)20-14-4-1-5-17(11-14)25-16-8-6-15(7-9-16)21(23)24/h1-12H,(H,20,22). The van der Waals surface area contributed by atoms with Gasteiger partial charge in [0.15, 0.2) is 0 Å². The van der Waals surface area contributed by atoms with E-state index in [1.807, 2.05) is 0 Å². The first-order valence-electron chi connectivity index (χ1n) is 7.35. The van der Waals surface area contributed by atoms with E-state index in [-0.39, 0.29) is 11.6 Å². The molecule has 3 aromatic rings. The molecular formula is C18H13N3O4. The molecule has 1 amide bonds. The molecule has 0 aliphatic rings. The summed E-state index contributed by atoms with van der Waals surface area (Å²) in [6, 6.07) is 16.0. The van der Waals surface area contributed by atoms with Crippen molar-refractivity contribution >= 4 is 17.3 Å². The Bertz CT molecular complexity index is 896. The smallest absolute Gasteiger partial charge is 0.269 e. The average Bonchev–Trinajstić information content (AvgIpc) is 2.63. The number of amides is 1. The van der Waals surface area contributed by atoms with E-state index < -0.39 is 4.92 Å². The number of carbonyl (C=O) groups is 1. The molecule has 7 nitrogen and oxygen atoms in total. The fourth-order valence-corrected chi connectivity index (χ4v) is 2.11. The molecule has 0 radical (unpaired) electrons. The maximum absolute atomic E-state index is 12.1. The lowest BCUT2D eigenvalue weighted by atomic mass is 10.2. The van der Waals surface area contributed by atoms with Crippen molar-refractivity contribution in [1.29, 1.82) is 0 Å². The second kappa shape index (κ2) is 7.22. The van der Waals surface area contributed by atoms with Gasteiger partial charge in [-0.05, 0) is 36.4 Å². The Morgan fingerprint density at radius 3 is 2.52 bits per heavy atom. The fraction of sp³-hybridized carbons (Fsp3) is 0. The number of carbonyl (C=O) groups excluding carboxylic acids is 1. The first-order valence-corrected chi connectivity index (χ1v) is 7.35. The number of hydrogen-bond acceptors (Lipinski definition) is 5. The summed E-state index contributed by atoms with van der Waals surface area (Å²) in [4.78, 5) is 26.2. The van der Waals surface area contributed by atoms with E-state index in [1.165, 1.54) is 30.5 Å². The predicted octanol–water partition coefficient (Wildman–Crippen LogP) is 4.03. The van der Waals surface area contributed by atoms with Gasteiger partial charge >= 0.3 is 0 Å². The highest BCUT2D eigenvalue weighted by Crippen LogP contribution is 2.26. The Morgan fingerprint density at radius 2 is 1.84 bits per heavy atom. The summed E-state index contributed by atoms with van der Waals surface area (Å²) in [7, 11) is 0. The lowest BCUT2D eigenvalue weighted by Crippen LogP contribution is -2.11. The Morgan fingerprint density at radius 1 is 1.04 bits per heavy atom. The minimum Gasteiger partial charge on any atom is -0.457 e. The molecule has 0 unspecified atom stereocenters. The molecule has 25 heavy (non-hydrogen) atoms. The number of aromatic nitrogens is 1. The van der Waals surface area contributed by atoms with Crippen LogP contribution in [0.25, 0.3) is 0 Å². The van der Waals surface area contributed by atoms with Gasteiger partial charge in [0.05, 0.1) is 10.5 Å². The lowest BCUT2D eigenvalue weighted by molar-refractivity contribution is -0.384. The third kappa shape index (κ3) is 4.17. The highest BCUT2D eigenvalue weighted by molar-refractivity contribution is 6.04. The molecule has 0 aliphatic carbocycles. The third-order valence-electron chi connectivity index (χ3n) is 3.30. The molecule has 0 saturated carbocycles. The number of benzene rings is 2. The van der Waals surface area contributed by atoms with Gasteiger partial charge < -0.3 is 10.1 Å². The molecule has 0 atom stereocenters. The van der Waals surface area contributed by atoms with Crippen LogP contribution in [0.2, 0.25) is 0 Å². The van der Waals surface area contributed by atoms with E-state index >= 15 is 0 Å². The molecule has 2 aromatic carbocycles. The summed E-state index contributed by atoms with van der Waals surface area (Å²) in [6.07, 6.45) is 3.07. The van der Waals surface area contributed by atoms with Gasteiger partial charge in [0, 0.05) is 36.3 Å². The van der Waals surface area contributed by atoms with Crippen LogP contribution < -0.4 is 10.1 Å². The molecular weight excluding hydrogens is 322 g/mol. The van der Waals surface area contributed by atoms with Crippen molar-refractivity contribution in [2.75, 3.05) is 5.32 Å². The van der Waals surface area contributed by atoms with E-state index in [9.17, 15) is 14.9 Å². The van der Waals surface area contributed by atoms with Crippen LogP contribution in [-0.4, -0.2) is 15.8 Å². The highest BCUT2D eigenvalue weighted by Gasteiger charge is 2.08. The van der Waals surface area contributed by atoms with Crippen LogP contribution in [0.5, 0.6) is 11.5 Å². The average molecular weight is 335 g/mol. The van der Waals surface area contributed by atoms with Gasteiger partial charge in [-0.15, -0.1) is 0 Å². The largest absolute Gasteiger partial charge is 0.457 e. The number of anilines is 1. The van der Waals surface area contributed by atoms with Crippen LogP contribution in [0.1, 0.15) is 10.4 Å². The van der Waals surface area contributed by atoms with Crippen molar-refractivity contribution in [2.45, 2.75) is 0 Å². The van der Waals surface area contributed by atoms with Crippen molar-refractivity contribution in [2.24, 2.45) is 0 Å². The molecule has 0 spiro atoms. The number of nitro groups is 1. The molecule has 0 aliphatic heterocycles. The number of nitrogens with zero attached hydrogens (tertiary/aromatic N) is 2. The van der Waals surface area contributed by atoms with Gasteiger partial charge in [-0.2, -0.15) is 0 Å². The second-order valence-corrected chi connectivity index (χ2v) is 5.08. The van der Waals surface area contributed by atoms with Crippen molar-refractivity contribution in [3.8, 4) is 11.5 Å². The first-order chi connectivity index (χ1) is 12.1. The van der Waals surface area contributed by atoms with E-state index in [0.29, 0.717) is 22.7 Å². The molecule has 3 rings (SSSR count). The Hall–Kier alpha value is -3.74. The van der Waals surface area contributed by atoms with E-state index in [0.717, 1.165) is 0 Å². The summed E-state index contributed by atoms with van der Waals surface area (Å²) < 4.78 is 5.65. The van der Waals surface area contributed by atoms with Crippen LogP contribution >= 0.6 is 0 Å². The van der Waals surface area contributed by atoms with E-state index in [4.69, 9.17) is 4.74 Å². The monoisotopic (exact) mass is 335 g/mol. The van der Waals surface area contributed by atoms with Crippen LogP contribution in [0, 0.1) is 10.1 Å². The van der Waals surface area contributed by atoms with E-state index in [2.05, 4.69) is 10.3 Å². The van der Waals surface area contributed by atoms with E-state index in [1.54, 1.807) is 42.6 Å². The normalized spacial score (nSPS) is 10.1. The molecule has 0 saturated heterocycles. The third-order valence-corrected chi connectivity index (χ3v) is 3.30. The number of pyridine rings is 1. The molecule has 1 aromatic heterocycles. The zero-order valence-corrected chi connectivity index (χ0v) is 13.0. The summed E-state index contributed by atoms with van der Waals surface area (Å²) in [5.41, 5.74) is 1.00. The number of ether oxygens (including phenoxy) is 1. The molecule has 1 N–H and O–H groups in total. The van der Waals surface area contributed by atoms with Crippen LogP contribution in [0.15, 0.2) is 73.1 Å². The fourth-order valence-electron chi connectivity index (χ4n) is 2.11. The number of nitrogens with one attached hydrogen (secondary N) is 1. The quantitative estimate of drug-likeness (QED) is 0.561. The molecule has 0 fully saturated rings. The Balaban J connectivity index is 1.71. The number of rotatable bonds is 5. The Labute approximate surface area is 143 Å². The van der Waals surface area contributed by atoms with Gasteiger partial charge in [0.1, 0.15) is 11.5 Å². The van der Waals surface area contributed by atoms with Crippen LogP contribution in [-0.2, 0) is 0 Å². The SMILES string of the molecule is O=C(Nc1cccc(Oc2ccc([N+](=O)[O-])cc2)c1)c1cccnc1. The number of non-ortho nitro benzene ring substituents is 1. The van der Waals surface area contributed by atoms with Gasteiger partial charge in [-0.1, -0.05) is 6.07 Å². The van der Waals surface area contributed by atoms with Crippen LogP contribution in [0.4, 0.5) is 11.4 Å². The van der Waals surface area contributed by atoms with Crippen molar-refractivity contribution < 1.29 is 14.5 Å². The van der Waals surface area contributed by atoms with Crippen LogP contribution in [0.3, 0.4) is 0 Å². The maximum Gasteiger partial charge on any atom is 0.269 e. The topological polar surface area (TPSA) is 94.4 Å². The predicted molar refractivity (Wildman–Crippen MR) is 91.8 cm³/mol. The van der Waals surface area contributed by atoms with Crippen molar-refractivity contribution in [3.63, 3.8) is 0 Å². The first kappa shape index (κ1) is 16.1. The van der Waals surface area contributed by atoms with Gasteiger partial charge in [0.25, 0.3) is 11.6 Å². The maximum atomic E-state index is 12.1. The number of nitro benzene ring substituents is 1. The van der Waals surface area contributed by atoms with Crippen molar-refractivity contribution in [3.05, 3.63) is 88.7 Å². The summed E-state index contributed by atoms with van der Waals surface area (Å²) >= 11 is 0. The minimum absolute atomic E-state index is 0.00941. The summed E-state index contributed by atoms with van der Waals surface area (Å²) in [5, 5.41) is 13.4. The lowest BCUT2D eigenvalue weighted by Gasteiger charge is -2.09.